The van der Waals surface area contributed by atoms with Crippen LogP contribution in [0.2, 0.25) is 0 Å². The van der Waals surface area contributed by atoms with Crippen LogP contribution in [0.4, 0.5) is 0 Å². The van der Waals surface area contributed by atoms with Gasteiger partial charge in [0.05, 0.1) is 0 Å². The number of rotatable bonds is 4. The first-order chi connectivity index (χ1) is 18.0. The van der Waals surface area contributed by atoms with Crippen LogP contribution in [0.1, 0.15) is 69.2 Å². The Morgan fingerprint density at radius 1 is 0.816 bits per heavy atom. The number of hydrogen-bond donors (Lipinski definition) is 0. The van der Waals surface area contributed by atoms with E-state index in [0.29, 0.717) is 23.8 Å². The lowest BCUT2D eigenvalue weighted by Gasteiger charge is -2.33. The molecule has 4 unspecified atom stereocenters. The van der Waals surface area contributed by atoms with Gasteiger partial charge in [0, 0.05) is 17.4 Å². The molecule has 0 N–H and O–H groups in total. The van der Waals surface area contributed by atoms with Gasteiger partial charge in [-0.05, 0) is 95.4 Å². The van der Waals surface area contributed by atoms with Gasteiger partial charge in [-0.2, -0.15) is 0 Å². The van der Waals surface area contributed by atoms with Crippen molar-refractivity contribution in [3.05, 3.63) is 113 Å². The largest absolute Gasteiger partial charge is 0.457 e. The van der Waals surface area contributed by atoms with Crippen LogP contribution in [0.5, 0.6) is 11.5 Å². The summed E-state index contributed by atoms with van der Waals surface area (Å²) in [6.07, 6.45) is 6.47. The minimum Gasteiger partial charge on any atom is -0.457 e. The Kier molecular flexibility index (Phi) is 5.96. The van der Waals surface area contributed by atoms with E-state index >= 15 is 0 Å². The van der Waals surface area contributed by atoms with Gasteiger partial charge in [-0.25, -0.2) is 0 Å². The number of benzene rings is 3. The lowest BCUT2D eigenvalue weighted by Crippen LogP contribution is -2.33. The topological polar surface area (TPSA) is 12.5 Å². The van der Waals surface area contributed by atoms with Crippen molar-refractivity contribution < 1.29 is 4.74 Å². The van der Waals surface area contributed by atoms with E-state index in [9.17, 15) is 0 Å². The van der Waals surface area contributed by atoms with E-state index in [4.69, 9.17) is 4.74 Å². The average molecular weight is 504 g/mol. The van der Waals surface area contributed by atoms with Gasteiger partial charge in [0.2, 0.25) is 0 Å². The molecule has 3 aromatic carbocycles. The highest BCUT2D eigenvalue weighted by molar-refractivity contribution is 5.91. The molecule has 0 aromatic heterocycles. The quantitative estimate of drug-likeness (QED) is 0.353. The van der Waals surface area contributed by atoms with Crippen molar-refractivity contribution in [2.24, 2.45) is 11.8 Å². The Balaban J connectivity index is 1.35. The van der Waals surface area contributed by atoms with Crippen LogP contribution in [0.3, 0.4) is 0 Å². The normalized spacial score (nSPS) is 25.4. The Hall–Kier alpha value is -3.10. The van der Waals surface area contributed by atoms with E-state index < -0.39 is 0 Å². The molecule has 3 aliphatic carbocycles. The van der Waals surface area contributed by atoms with Gasteiger partial charge in [0.1, 0.15) is 11.5 Å². The summed E-state index contributed by atoms with van der Waals surface area (Å²) < 4.78 is 6.37. The molecule has 1 saturated carbocycles. The molecule has 4 atom stereocenters. The van der Waals surface area contributed by atoms with E-state index in [1.54, 1.807) is 0 Å². The molecule has 2 nitrogen and oxygen atoms in total. The Morgan fingerprint density at radius 2 is 1.50 bits per heavy atom. The van der Waals surface area contributed by atoms with Crippen LogP contribution >= 0.6 is 0 Å². The van der Waals surface area contributed by atoms with Crippen molar-refractivity contribution in [1.29, 1.82) is 0 Å². The minimum absolute atomic E-state index is 0.0565. The van der Waals surface area contributed by atoms with Gasteiger partial charge in [0.25, 0.3) is 0 Å². The van der Waals surface area contributed by atoms with Crippen molar-refractivity contribution in [3.8, 4) is 11.5 Å². The first kappa shape index (κ1) is 25.2. The molecule has 0 amide bonds. The molecule has 0 bridgehead atoms. The third-order valence-electron chi connectivity index (χ3n) is 9.33. The van der Waals surface area contributed by atoms with Crippen molar-refractivity contribution in [2.75, 3.05) is 14.1 Å². The lowest BCUT2D eigenvalue weighted by atomic mass is 9.73. The maximum atomic E-state index is 6.37. The summed E-state index contributed by atoms with van der Waals surface area (Å²) in [6.45, 7) is 11.5. The summed E-state index contributed by atoms with van der Waals surface area (Å²) >= 11 is 0. The van der Waals surface area contributed by atoms with Gasteiger partial charge in [-0.3, -0.25) is 0 Å². The molecule has 0 spiro atoms. The fourth-order valence-electron chi connectivity index (χ4n) is 7.15. The Labute approximate surface area is 229 Å². The molecule has 0 aliphatic heterocycles. The summed E-state index contributed by atoms with van der Waals surface area (Å²) in [7, 11) is 4.49. The summed E-state index contributed by atoms with van der Waals surface area (Å²) in [5.74, 6) is 3.39. The van der Waals surface area contributed by atoms with Gasteiger partial charge in [-0.15, -0.1) is 0 Å². The van der Waals surface area contributed by atoms with Crippen LogP contribution in [-0.4, -0.2) is 25.0 Å². The van der Waals surface area contributed by atoms with Crippen molar-refractivity contribution in [3.63, 3.8) is 0 Å². The number of ether oxygens (including phenoxy) is 1. The smallest absolute Gasteiger partial charge is 0.127 e. The fraction of sp³-hybridized carbons (Fsp3) is 0.389. The molecule has 196 valence electrons. The SMILES string of the molecule is CN(C)C1CC(c2ccccc2)C2C=C3C(=CC21)c1ccc(Oc2ccc(C(C)(C)C)cc2)cc1C3(C)C. The van der Waals surface area contributed by atoms with Gasteiger partial charge in [0.15, 0.2) is 0 Å². The molecule has 0 heterocycles. The number of allylic oxidation sites excluding steroid dienone is 3. The maximum Gasteiger partial charge on any atom is 0.127 e. The number of nitrogens with zero attached hydrogens (tertiary/aromatic N) is 1. The van der Waals surface area contributed by atoms with E-state index in [1.165, 1.54) is 39.8 Å². The highest BCUT2D eigenvalue weighted by atomic mass is 16.5. The highest BCUT2D eigenvalue weighted by Crippen LogP contribution is 2.58. The van der Waals surface area contributed by atoms with Crippen LogP contribution in [0.25, 0.3) is 5.57 Å². The highest BCUT2D eigenvalue weighted by Gasteiger charge is 2.49. The predicted octanol–water partition coefficient (Wildman–Crippen LogP) is 8.74. The predicted molar refractivity (Wildman–Crippen MR) is 159 cm³/mol. The third-order valence-corrected chi connectivity index (χ3v) is 9.33. The second-order valence-corrected chi connectivity index (χ2v) is 13.3. The van der Waals surface area contributed by atoms with Gasteiger partial charge in [-0.1, -0.05) is 95.3 Å². The van der Waals surface area contributed by atoms with Gasteiger partial charge >= 0.3 is 0 Å². The first-order valence-corrected chi connectivity index (χ1v) is 14.1. The molecule has 3 aromatic rings. The molecule has 0 radical (unpaired) electrons. The molecular weight excluding hydrogens is 462 g/mol. The Morgan fingerprint density at radius 3 is 2.16 bits per heavy atom. The molecule has 0 saturated heterocycles. The molecule has 38 heavy (non-hydrogen) atoms. The fourth-order valence-corrected chi connectivity index (χ4v) is 7.15. The molecule has 6 rings (SSSR count). The third kappa shape index (κ3) is 4.14. The van der Waals surface area contributed by atoms with Crippen LogP contribution in [0.15, 0.2) is 90.5 Å². The van der Waals surface area contributed by atoms with Crippen LogP contribution in [0, 0.1) is 11.8 Å². The summed E-state index contributed by atoms with van der Waals surface area (Å²) in [5.41, 5.74) is 8.54. The number of hydrogen-bond acceptors (Lipinski definition) is 2. The second-order valence-electron chi connectivity index (χ2n) is 13.3. The van der Waals surface area contributed by atoms with Crippen LogP contribution < -0.4 is 4.74 Å². The lowest BCUT2D eigenvalue weighted by molar-refractivity contribution is 0.253. The molecule has 3 aliphatic rings. The van der Waals surface area contributed by atoms with Gasteiger partial charge < -0.3 is 9.64 Å². The summed E-state index contributed by atoms with van der Waals surface area (Å²) in [6, 6.07) is 27.0. The van der Waals surface area contributed by atoms with E-state index in [1.807, 2.05) is 0 Å². The molecule has 2 heteroatoms. The zero-order valence-electron chi connectivity index (χ0n) is 24.0. The number of fused-ring (bicyclic) bond motifs is 4. The monoisotopic (exact) mass is 503 g/mol. The summed E-state index contributed by atoms with van der Waals surface area (Å²) in [4.78, 5) is 2.44. The zero-order chi connectivity index (χ0) is 26.8. The molecule has 1 fully saturated rings. The van der Waals surface area contributed by atoms with E-state index in [2.05, 4.69) is 139 Å². The van der Waals surface area contributed by atoms with Crippen molar-refractivity contribution >= 4 is 5.57 Å². The van der Waals surface area contributed by atoms with Crippen LogP contribution in [-0.2, 0) is 10.8 Å². The maximum absolute atomic E-state index is 6.37. The van der Waals surface area contributed by atoms with Crippen molar-refractivity contribution in [1.82, 2.24) is 4.90 Å². The standard InChI is InChI=1S/C36H41NO/c1-35(2,3)24-13-15-25(16-14-24)38-26-17-18-27-30-20-31-29(21-33(30)36(4,5)32(27)19-26)28(22-34(31)37(6)7)23-11-9-8-10-12-23/h8-21,28-29,31,34H,22H2,1-7H3. The Bertz CT molecular complexity index is 1400. The second kappa shape index (κ2) is 8.99. The zero-order valence-corrected chi connectivity index (χ0v) is 24.0. The first-order valence-electron chi connectivity index (χ1n) is 14.1. The van der Waals surface area contributed by atoms with Crippen molar-refractivity contribution in [2.45, 2.75) is 63.8 Å². The molecular formula is C36H41NO. The average Bonchev–Trinajstić information content (AvgIpc) is 3.36. The van der Waals surface area contributed by atoms with E-state index in [0.717, 1.165) is 11.5 Å². The van der Waals surface area contributed by atoms with E-state index in [-0.39, 0.29) is 10.8 Å². The summed E-state index contributed by atoms with van der Waals surface area (Å²) in [5, 5.41) is 0. The minimum atomic E-state index is -0.0565.